The van der Waals surface area contributed by atoms with E-state index in [1.165, 1.54) is 0 Å². The second kappa shape index (κ2) is 5.55. The molecule has 1 heterocycles. The maximum atomic E-state index is 12.6. The van der Waals surface area contributed by atoms with E-state index >= 15 is 0 Å². The van der Waals surface area contributed by atoms with Crippen LogP contribution in [0.5, 0.6) is 0 Å². The predicted molar refractivity (Wildman–Crippen MR) is 90.6 cm³/mol. The predicted octanol–water partition coefficient (Wildman–Crippen LogP) is 3.38. The van der Waals surface area contributed by atoms with Crippen molar-refractivity contribution in [2.24, 2.45) is 11.8 Å². The SMILES string of the molecule is C[C@@H]1C(=O)C(=CO)C[C@]2(c3ccccc3)c3ncncc3CC[C@@H]12. The first kappa shape index (κ1) is 15.1. The van der Waals surface area contributed by atoms with Gasteiger partial charge in [-0.3, -0.25) is 4.79 Å². The molecule has 1 N–H and O–H groups in total. The Labute approximate surface area is 141 Å². The zero-order valence-corrected chi connectivity index (χ0v) is 13.6. The van der Waals surface area contributed by atoms with Crippen LogP contribution in [0, 0.1) is 11.8 Å². The molecule has 0 amide bonds. The van der Waals surface area contributed by atoms with Gasteiger partial charge in [-0.15, -0.1) is 0 Å². The van der Waals surface area contributed by atoms with Crippen LogP contribution in [-0.2, 0) is 16.6 Å². The Bertz CT molecular complexity index is 815. The van der Waals surface area contributed by atoms with Gasteiger partial charge in [0.05, 0.1) is 12.0 Å². The van der Waals surface area contributed by atoms with Crippen LogP contribution in [0.2, 0.25) is 0 Å². The van der Waals surface area contributed by atoms with Crippen LogP contribution in [-0.4, -0.2) is 20.9 Å². The lowest BCUT2D eigenvalue weighted by molar-refractivity contribution is -0.123. The van der Waals surface area contributed by atoms with Crippen molar-refractivity contribution in [3.05, 3.63) is 71.5 Å². The third-order valence-corrected chi connectivity index (χ3v) is 5.82. The van der Waals surface area contributed by atoms with E-state index in [4.69, 9.17) is 0 Å². The fraction of sp³-hybridized carbons (Fsp3) is 0.350. The first-order chi connectivity index (χ1) is 11.7. The highest BCUT2D eigenvalue weighted by Gasteiger charge is 2.54. The molecule has 4 rings (SSSR count). The van der Waals surface area contributed by atoms with Gasteiger partial charge in [0.15, 0.2) is 5.78 Å². The average molecular weight is 320 g/mol. The Morgan fingerprint density at radius 2 is 2.08 bits per heavy atom. The quantitative estimate of drug-likeness (QED) is 0.646. The highest BCUT2D eigenvalue weighted by Crippen LogP contribution is 2.55. The van der Waals surface area contributed by atoms with Crippen LogP contribution in [0.3, 0.4) is 0 Å². The number of hydrogen-bond donors (Lipinski definition) is 1. The number of allylic oxidation sites excluding steroid dienone is 1. The summed E-state index contributed by atoms with van der Waals surface area (Å²) in [7, 11) is 0. The van der Waals surface area contributed by atoms with E-state index < -0.39 is 0 Å². The van der Waals surface area contributed by atoms with Gasteiger partial charge in [0.1, 0.15) is 6.33 Å². The fourth-order valence-corrected chi connectivity index (χ4v) is 4.73. The zero-order chi connectivity index (χ0) is 16.7. The van der Waals surface area contributed by atoms with Crippen molar-refractivity contribution in [3.63, 3.8) is 0 Å². The highest BCUT2D eigenvalue weighted by atomic mass is 16.2. The van der Waals surface area contributed by atoms with Crippen LogP contribution >= 0.6 is 0 Å². The number of Topliss-reactive ketones (excluding diaryl/α,β-unsaturated/α-hetero) is 1. The van der Waals surface area contributed by atoms with Crippen LogP contribution in [0.4, 0.5) is 0 Å². The van der Waals surface area contributed by atoms with Crippen LogP contribution in [0.25, 0.3) is 0 Å². The number of nitrogens with zero attached hydrogens (tertiary/aromatic N) is 2. The number of aryl methyl sites for hydroxylation is 1. The maximum absolute atomic E-state index is 12.6. The lowest BCUT2D eigenvalue weighted by Gasteiger charge is -2.50. The van der Waals surface area contributed by atoms with E-state index in [0.29, 0.717) is 12.0 Å². The van der Waals surface area contributed by atoms with E-state index in [-0.39, 0.29) is 23.0 Å². The summed E-state index contributed by atoms with van der Waals surface area (Å²) >= 11 is 0. The van der Waals surface area contributed by atoms with Crippen molar-refractivity contribution < 1.29 is 9.90 Å². The van der Waals surface area contributed by atoms with Crippen molar-refractivity contribution in [1.29, 1.82) is 0 Å². The minimum absolute atomic E-state index is 0.0616. The molecule has 0 aliphatic heterocycles. The minimum atomic E-state index is -0.375. The molecule has 4 heteroatoms. The standard InChI is InChI=1S/C20H20N2O2/c1-13-17-8-7-14-10-21-12-22-19(14)20(17,9-15(11-23)18(13)24)16-5-3-2-4-6-16/h2-6,10-13,17,23H,7-9H2,1H3/t13-,17-,20+/m0/s1. The van der Waals surface area contributed by atoms with Crippen molar-refractivity contribution in [2.45, 2.75) is 31.6 Å². The molecule has 4 nitrogen and oxygen atoms in total. The van der Waals surface area contributed by atoms with E-state index in [9.17, 15) is 9.90 Å². The first-order valence-corrected chi connectivity index (χ1v) is 8.41. The van der Waals surface area contributed by atoms with Gasteiger partial charge in [-0.2, -0.15) is 0 Å². The molecule has 24 heavy (non-hydrogen) atoms. The van der Waals surface area contributed by atoms with Crippen molar-refractivity contribution in [3.8, 4) is 0 Å². The molecule has 1 aromatic carbocycles. The molecule has 122 valence electrons. The second-order valence-corrected chi connectivity index (χ2v) is 6.86. The number of benzene rings is 1. The van der Waals surface area contributed by atoms with Gasteiger partial charge in [0.2, 0.25) is 0 Å². The first-order valence-electron chi connectivity index (χ1n) is 8.41. The van der Waals surface area contributed by atoms with E-state index in [1.54, 1.807) is 6.33 Å². The van der Waals surface area contributed by atoms with E-state index in [0.717, 1.165) is 35.9 Å². The summed E-state index contributed by atoms with van der Waals surface area (Å²) in [6, 6.07) is 10.3. The van der Waals surface area contributed by atoms with Gasteiger partial charge in [0.25, 0.3) is 0 Å². The second-order valence-electron chi connectivity index (χ2n) is 6.86. The van der Waals surface area contributed by atoms with Gasteiger partial charge < -0.3 is 5.11 Å². The van der Waals surface area contributed by atoms with Crippen molar-refractivity contribution >= 4 is 5.78 Å². The number of ketones is 1. The summed E-state index contributed by atoms with van der Waals surface area (Å²) in [6.45, 7) is 1.99. The lowest BCUT2D eigenvalue weighted by atomic mass is 9.52. The maximum Gasteiger partial charge on any atom is 0.165 e. The van der Waals surface area contributed by atoms with Crippen LogP contribution in [0.15, 0.2) is 54.7 Å². The molecule has 1 fully saturated rings. The molecule has 2 aromatic rings. The number of aliphatic hydroxyl groups is 1. The number of hydrogen-bond acceptors (Lipinski definition) is 4. The third-order valence-electron chi connectivity index (χ3n) is 5.82. The van der Waals surface area contributed by atoms with E-state index in [2.05, 4.69) is 22.1 Å². The Morgan fingerprint density at radius 3 is 2.83 bits per heavy atom. The number of aromatic nitrogens is 2. The Hall–Kier alpha value is -2.49. The lowest BCUT2D eigenvalue weighted by Crippen LogP contribution is -2.50. The number of fused-ring (bicyclic) bond motifs is 3. The molecule has 0 saturated heterocycles. The summed E-state index contributed by atoms with van der Waals surface area (Å²) in [5, 5.41) is 9.66. The summed E-state index contributed by atoms with van der Waals surface area (Å²) in [4.78, 5) is 21.5. The van der Waals surface area contributed by atoms with Crippen LogP contribution in [0.1, 0.15) is 36.6 Å². The van der Waals surface area contributed by atoms with Gasteiger partial charge in [-0.05, 0) is 36.3 Å². The number of carbonyl (C=O) groups excluding carboxylic acids is 1. The minimum Gasteiger partial charge on any atom is -0.515 e. The monoisotopic (exact) mass is 320 g/mol. The summed E-state index contributed by atoms with van der Waals surface area (Å²) < 4.78 is 0. The summed E-state index contributed by atoms with van der Waals surface area (Å²) in [6.07, 6.45) is 6.80. The molecule has 1 aromatic heterocycles. The molecule has 3 atom stereocenters. The largest absolute Gasteiger partial charge is 0.515 e. The normalized spacial score (nSPS) is 30.7. The Morgan fingerprint density at radius 1 is 1.29 bits per heavy atom. The molecular weight excluding hydrogens is 300 g/mol. The molecule has 0 radical (unpaired) electrons. The number of rotatable bonds is 1. The van der Waals surface area contributed by atoms with Gasteiger partial charge in [0, 0.05) is 23.1 Å². The average Bonchev–Trinajstić information content (AvgIpc) is 2.65. The number of carbonyl (C=O) groups is 1. The van der Waals surface area contributed by atoms with E-state index in [1.807, 2.05) is 31.3 Å². The molecular formula is C20H20N2O2. The molecule has 0 bridgehead atoms. The summed E-state index contributed by atoms with van der Waals surface area (Å²) in [5.41, 5.74) is 3.44. The molecule has 0 spiro atoms. The van der Waals surface area contributed by atoms with Crippen LogP contribution < -0.4 is 0 Å². The van der Waals surface area contributed by atoms with Gasteiger partial charge >= 0.3 is 0 Å². The highest BCUT2D eigenvalue weighted by molar-refractivity contribution is 5.98. The van der Waals surface area contributed by atoms with Gasteiger partial charge in [-0.25, -0.2) is 9.97 Å². The zero-order valence-electron chi connectivity index (χ0n) is 13.6. The summed E-state index contributed by atoms with van der Waals surface area (Å²) in [5.74, 6) is 0.102. The Balaban J connectivity index is 2.02. The smallest absolute Gasteiger partial charge is 0.165 e. The fourth-order valence-electron chi connectivity index (χ4n) is 4.73. The van der Waals surface area contributed by atoms with Crippen molar-refractivity contribution in [1.82, 2.24) is 9.97 Å². The molecule has 0 unspecified atom stereocenters. The van der Waals surface area contributed by atoms with Crippen molar-refractivity contribution in [2.75, 3.05) is 0 Å². The molecule has 1 saturated carbocycles. The third kappa shape index (κ3) is 1.95. The Kier molecular flexibility index (Phi) is 3.48. The topological polar surface area (TPSA) is 63.1 Å². The number of aliphatic hydroxyl groups excluding tert-OH is 1. The molecule has 2 aliphatic rings. The van der Waals surface area contributed by atoms with Gasteiger partial charge in [-0.1, -0.05) is 37.3 Å². The molecule has 2 aliphatic carbocycles.